The molecule has 0 heterocycles. The molecule has 14 heteroatoms. The summed E-state index contributed by atoms with van der Waals surface area (Å²) in [7, 11) is 0. The van der Waals surface area contributed by atoms with E-state index < -0.39 is 24.6 Å². The highest BCUT2D eigenvalue weighted by Gasteiger charge is 2.32. The van der Waals surface area contributed by atoms with Gasteiger partial charge in [-0.25, -0.2) is 19.2 Å². The number of benzene rings is 4. The van der Waals surface area contributed by atoms with Gasteiger partial charge in [0.1, 0.15) is 11.5 Å². The second-order valence-corrected chi connectivity index (χ2v) is 13.8. The molecule has 312 valence electrons. The molecule has 4 aromatic carbocycles. The predicted molar refractivity (Wildman–Crippen MR) is 213 cm³/mol. The van der Waals surface area contributed by atoms with Gasteiger partial charge in [-0.2, -0.15) is 0 Å². The van der Waals surface area contributed by atoms with Crippen molar-refractivity contribution >= 4 is 46.2 Å². The highest BCUT2D eigenvalue weighted by atomic mass is 16.7. The Balaban J connectivity index is 1.87. The molecule has 4 aromatic rings. The van der Waals surface area contributed by atoms with E-state index in [1.807, 2.05) is 27.7 Å². The first kappa shape index (κ1) is 43.2. The first-order valence-corrected chi connectivity index (χ1v) is 20.2. The van der Waals surface area contributed by atoms with Crippen LogP contribution in [-0.2, 0) is 18.9 Å². The van der Waals surface area contributed by atoms with E-state index in [-0.39, 0.29) is 103 Å². The van der Waals surface area contributed by atoms with Crippen molar-refractivity contribution in [1.29, 1.82) is 0 Å². The molecule has 0 fully saturated rings. The molecule has 0 saturated carbocycles. The summed E-state index contributed by atoms with van der Waals surface area (Å²) in [6.07, 6.45) is 4.75. The number of phenolic OH excluding ortho intramolecular Hbond substituents is 2. The van der Waals surface area contributed by atoms with Gasteiger partial charge in [0.25, 0.3) is 0 Å². The van der Waals surface area contributed by atoms with Gasteiger partial charge >= 0.3 is 24.6 Å². The Morgan fingerprint density at radius 1 is 0.414 bits per heavy atom. The lowest BCUT2D eigenvalue weighted by molar-refractivity contribution is 0.0942. The number of carbonyl (C=O) groups excluding carboxylic acids is 4. The molecule has 0 aromatic heterocycles. The zero-order valence-corrected chi connectivity index (χ0v) is 33.6. The minimum atomic E-state index is -1.10. The largest absolute Gasteiger partial charge is 0.513 e. The number of unbranched alkanes of at least 4 members (excludes halogenated alkanes) is 8. The highest BCUT2D eigenvalue weighted by molar-refractivity contribution is 6.03. The smallest absolute Gasteiger partial charge is 0.507 e. The monoisotopic (exact) mass is 804 g/mol. The van der Waals surface area contributed by atoms with Gasteiger partial charge in [-0.15, -0.1) is 0 Å². The number of ether oxygens (including phenoxy) is 8. The van der Waals surface area contributed by atoms with Gasteiger partial charge in [0.15, 0.2) is 23.0 Å². The van der Waals surface area contributed by atoms with Crippen molar-refractivity contribution in [2.45, 2.75) is 105 Å². The third kappa shape index (κ3) is 9.96. The van der Waals surface area contributed by atoms with Crippen LogP contribution in [0.5, 0.6) is 34.5 Å². The van der Waals surface area contributed by atoms with Crippen LogP contribution in [0.25, 0.3) is 21.5 Å². The van der Waals surface area contributed by atoms with Crippen LogP contribution in [0.2, 0.25) is 0 Å². The normalized spacial score (nSPS) is 11.2. The molecule has 5 rings (SSSR count). The molecule has 0 unspecified atom stereocenters. The number of rotatable bonds is 20. The van der Waals surface area contributed by atoms with Crippen LogP contribution >= 0.6 is 0 Å². The van der Waals surface area contributed by atoms with E-state index in [1.165, 1.54) is 36.4 Å². The van der Waals surface area contributed by atoms with Crippen LogP contribution in [0, 0.1) is 20.9 Å². The second-order valence-electron chi connectivity index (χ2n) is 13.8. The van der Waals surface area contributed by atoms with Crippen molar-refractivity contribution in [3.8, 4) is 34.5 Å². The molecule has 2 N–H and O–H groups in total. The Morgan fingerprint density at radius 3 is 0.983 bits per heavy atom. The maximum Gasteiger partial charge on any atom is 0.513 e. The molecule has 1 aliphatic rings. The molecule has 0 bridgehead atoms. The number of fused-ring (bicyclic) bond motifs is 4. The zero-order chi connectivity index (χ0) is 41.6. The zero-order valence-electron chi connectivity index (χ0n) is 33.6. The fourth-order valence-corrected chi connectivity index (χ4v) is 6.70. The maximum absolute atomic E-state index is 13.4. The lowest BCUT2D eigenvalue weighted by Gasteiger charge is -2.22. The quantitative estimate of drug-likeness (QED) is 0.0328. The summed E-state index contributed by atoms with van der Waals surface area (Å²) >= 11 is 0. The summed E-state index contributed by atoms with van der Waals surface area (Å²) in [5.74, 6) is -1.51. The Kier molecular flexibility index (Phi) is 15.7. The van der Waals surface area contributed by atoms with Gasteiger partial charge in [-0.1, -0.05) is 103 Å². The predicted octanol–water partition coefficient (Wildman–Crippen LogP) is 11.1. The second kappa shape index (κ2) is 21.0. The van der Waals surface area contributed by atoms with Crippen molar-refractivity contribution in [3.63, 3.8) is 0 Å². The lowest BCUT2D eigenvalue weighted by Crippen LogP contribution is -2.18. The average Bonchev–Trinajstić information content (AvgIpc) is 3.19. The fraction of sp³-hybridized carbons (Fsp3) is 0.455. The molecule has 14 nitrogen and oxygen atoms in total. The SMILES string of the molecule is CCCCCOC(=O)Oc1c2c(c(OC(=O)OCCCCC)c3c(O)cccc13)=c1c(OC(=O)OCCCCC)c3c(O)cccc3c(OC(=O)OCCCCC)c1=2. The van der Waals surface area contributed by atoms with E-state index in [2.05, 4.69) is 0 Å². The maximum atomic E-state index is 13.4. The third-order valence-corrected chi connectivity index (χ3v) is 9.55. The van der Waals surface area contributed by atoms with Gasteiger partial charge in [0, 0.05) is 31.6 Å². The van der Waals surface area contributed by atoms with Crippen molar-refractivity contribution < 1.29 is 67.3 Å². The minimum Gasteiger partial charge on any atom is -0.507 e. The van der Waals surface area contributed by atoms with E-state index in [1.54, 1.807) is 0 Å². The highest BCUT2D eigenvalue weighted by Crippen LogP contribution is 2.50. The summed E-state index contributed by atoms with van der Waals surface area (Å²) in [4.78, 5) is 53.4. The number of phenols is 2. The summed E-state index contributed by atoms with van der Waals surface area (Å²) in [5, 5.41) is 23.0. The van der Waals surface area contributed by atoms with E-state index in [4.69, 9.17) is 37.9 Å². The molecular formula is C44H52O14. The molecular weight excluding hydrogens is 752 g/mol. The van der Waals surface area contributed by atoms with Crippen molar-refractivity contribution in [3.05, 3.63) is 57.3 Å². The topological polar surface area (TPSA) is 183 Å². The molecule has 0 amide bonds. The third-order valence-electron chi connectivity index (χ3n) is 9.55. The first-order chi connectivity index (χ1) is 28.2. The minimum absolute atomic E-state index is 0.00314. The molecule has 0 radical (unpaired) electrons. The molecule has 1 aliphatic carbocycles. The van der Waals surface area contributed by atoms with Gasteiger partial charge in [0.05, 0.1) is 37.2 Å². The molecule has 0 spiro atoms. The molecule has 58 heavy (non-hydrogen) atoms. The molecule has 0 saturated heterocycles. The van der Waals surface area contributed by atoms with Crippen LogP contribution in [0.4, 0.5) is 19.2 Å². The number of aromatic hydroxyl groups is 2. The summed E-state index contributed by atoms with van der Waals surface area (Å²) in [6, 6.07) is 8.77. The number of hydrogen-bond acceptors (Lipinski definition) is 14. The summed E-state index contributed by atoms with van der Waals surface area (Å²) in [6.45, 7) is 8.26. The van der Waals surface area contributed by atoms with Gasteiger partial charge in [0.2, 0.25) is 0 Å². The Hall–Kier alpha value is -5.92. The molecule has 0 atom stereocenters. The van der Waals surface area contributed by atoms with E-state index in [0.29, 0.717) is 25.7 Å². The Labute approximate surface area is 335 Å². The van der Waals surface area contributed by atoms with Crippen molar-refractivity contribution in [2.75, 3.05) is 26.4 Å². The fourth-order valence-electron chi connectivity index (χ4n) is 6.70. The Morgan fingerprint density at radius 2 is 0.690 bits per heavy atom. The van der Waals surface area contributed by atoms with Crippen molar-refractivity contribution in [1.82, 2.24) is 0 Å². The number of hydrogen-bond donors (Lipinski definition) is 2. The molecule has 0 aliphatic heterocycles. The van der Waals surface area contributed by atoms with Gasteiger partial charge in [-0.3, -0.25) is 0 Å². The summed E-state index contributed by atoms with van der Waals surface area (Å²) < 4.78 is 45.3. The van der Waals surface area contributed by atoms with Crippen LogP contribution in [0.3, 0.4) is 0 Å². The standard InChI is InChI=1S/C44H52O14/c1-5-9-13-23-51-41(47)55-37-27-19-17-21-29(45)31(27)39(57-43(49)53-25-15-11-7-3)35-33(37)34-36(35)40(58-44(50)54-26-16-12-8-4)32-28(20-18-22-30(32)46)38(34)56-42(48)52-24-14-10-6-2/h17-22,45-46H,5-16,23-26H2,1-4H3. The lowest BCUT2D eigenvalue weighted by atomic mass is 9.91. The van der Waals surface area contributed by atoms with Crippen molar-refractivity contribution in [2.24, 2.45) is 0 Å². The van der Waals surface area contributed by atoms with E-state index >= 15 is 0 Å². The van der Waals surface area contributed by atoms with Crippen LogP contribution in [0.1, 0.15) is 105 Å². The van der Waals surface area contributed by atoms with E-state index in [0.717, 1.165) is 51.4 Å². The van der Waals surface area contributed by atoms with Gasteiger partial charge < -0.3 is 48.1 Å². The van der Waals surface area contributed by atoms with Crippen LogP contribution in [0.15, 0.2) is 36.4 Å². The summed E-state index contributed by atoms with van der Waals surface area (Å²) in [5.41, 5.74) is 0. The number of carbonyl (C=O) groups is 4. The average molecular weight is 805 g/mol. The van der Waals surface area contributed by atoms with Crippen LogP contribution in [-0.4, -0.2) is 61.3 Å². The Bertz CT molecular complexity index is 2160. The first-order valence-electron chi connectivity index (χ1n) is 20.2. The van der Waals surface area contributed by atoms with Gasteiger partial charge in [-0.05, 0) is 37.8 Å². The van der Waals surface area contributed by atoms with Crippen LogP contribution < -0.4 is 18.9 Å². The van der Waals surface area contributed by atoms with E-state index in [9.17, 15) is 29.4 Å².